The Labute approximate surface area is 364 Å². The molecule has 2 aliphatic rings. The maximum absolute atomic E-state index is 2.59. The van der Waals surface area contributed by atoms with E-state index < -0.39 is 0 Å². The number of benzene rings is 10. The van der Waals surface area contributed by atoms with E-state index in [4.69, 9.17) is 0 Å². The van der Waals surface area contributed by atoms with E-state index in [1.165, 1.54) is 88.2 Å². The van der Waals surface area contributed by atoms with Gasteiger partial charge in [-0.15, -0.1) is 0 Å². The summed E-state index contributed by atoms with van der Waals surface area (Å²) >= 11 is 0. The lowest BCUT2D eigenvalue weighted by atomic mass is 9.70. The summed E-state index contributed by atoms with van der Waals surface area (Å²) in [4.78, 5) is 5.13. The van der Waals surface area contributed by atoms with Crippen LogP contribution in [0.4, 0.5) is 34.1 Å². The lowest BCUT2D eigenvalue weighted by Gasteiger charge is -2.44. The topological polar surface area (TPSA) is 6.48 Å². The monoisotopic (exact) mass is 794 g/mol. The standard InChI is InChI=1S/C60H46N2/c1-59(2)50-26-12-11-24-48(50)49-35-34-44(38-52(49)59)61(53-29-15-21-40-18-7-9-22-45(40)53)56-36-33-41-19-8-10-23-47(41)58(56)62-54-28-14-13-27-51(54)60(3,4)57-46(25-16-30-55(57)62)43-32-31-39-17-5-6-20-42(39)37-43/h5-38H,1-4H3. The van der Waals surface area contributed by atoms with Gasteiger partial charge < -0.3 is 9.80 Å². The Morgan fingerprint density at radius 2 is 0.968 bits per heavy atom. The van der Waals surface area contributed by atoms with Gasteiger partial charge in [-0.3, -0.25) is 0 Å². The first-order valence-corrected chi connectivity index (χ1v) is 21.9. The quantitative estimate of drug-likeness (QED) is 0.171. The molecule has 0 unspecified atom stereocenters. The van der Waals surface area contributed by atoms with Crippen molar-refractivity contribution in [3.05, 3.63) is 229 Å². The minimum atomic E-state index is -0.300. The molecule has 62 heavy (non-hydrogen) atoms. The number of rotatable bonds is 5. The smallest absolute Gasteiger partial charge is 0.0781 e. The lowest BCUT2D eigenvalue weighted by Crippen LogP contribution is -2.32. The molecule has 0 amide bonds. The zero-order valence-corrected chi connectivity index (χ0v) is 35.5. The normalized spacial score (nSPS) is 14.4. The molecule has 0 radical (unpaired) electrons. The number of anilines is 6. The molecule has 0 fully saturated rings. The average molecular weight is 795 g/mol. The predicted molar refractivity (Wildman–Crippen MR) is 263 cm³/mol. The number of hydrogen-bond donors (Lipinski definition) is 0. The highest BCUT2D eigenvalue weighted by molar-refractivity contribution is 6.11. The number of fused-ring (bicyclic) bond motifs is 8. The van der Waals surface area contributed by atoms with Gasteiger partial charge in [0.1, 0.15) is 0 Å². The zero-order chi connectivity index (χ0) is 41.7. The van der Waals surface area contributed by atoms with Crippen LogP contribution in [0.1, 0.15) is 49.9 Å². The third kappa shape index (κ3) is 5.29. The summed E-state index contributed by atoms with van der Waals surface area (Å²) in [5, 5.41) is 7.30. The molecule has 0 bridgehead atoms. The Morgan fingerprint density at radius 1 is 0.371 bits per heavy atom. The van der Waals surface area contributed by atoms with Crippen molar-refractivity contribution in [3.8, 4) is 22.3 Å². The molecule has 296 valence electrons. The minimum absolute atomic E-state index is 0.159. The molecule has 0 aromatic heterocycles. The van der Waals surface area contributed by atoms with Crippen molar-refractivity contribution in [3.63, 3.8) is 0 Å². The number of nitrogens with zero attached hydrogens (tertiary/aromatic N) is 2. The van der Waals surface area contributed by atoms with Crippen molar-refractivity contribution in [1.82, 2.24) is 0 Å². The van der Waals surface area contributed by atoms with Crippen LogP contribution in [0.2, 0.25) is 0 Å². The van der Waals surface area contributed by atoms with Crippen LogP contribution in [0, 0.1) is 0 Å². The van der Waals surface area contributed by atoms with E-state index in [-0.39, 0.29) is 10.8 Å². The summed E-state index contributed by atoms with van der Waals surface area (Å²) in [7, 11) is 0. The van der Waals surface area contributed by atoms with Gasteiger partial charge in [0.15, 0.2) is 0 Å². The van der Waals surface area contributed by atoms with Crippen molar-refractivity contribution in [2.24, 2.45) is 0 Å². The fraction of sp³-hybridized carbons (Fsp3) is 0.100. The molecular weight excluding hydrogens is 749 g/mol. The Kier molecular flexibility index (Phi) is 7.96. The molecule has 0 atom stereocenters. The molecule has 12 rings (SSSR count). The van der Waals surface area contributed by atoms with Gasteiger partial charge in [0, 0.05) is 27.3 Å². The van der Waals surface area contributed by atoms with Crippen molar-refractivity contribution >= 4 is 66.4 Å². The molecule has 1 aliphatic carbocycles. The number of para-hydroxylation sites is 1. The second-order valence-electron chi connectivity index (χ2n) is 18.1. The summed E-state index contributed by atoms with van der Waals surface area (Å²) in [5.74, 6) is 0. The summed E-state index contributed by atoms with van der Waals surface area (Å²) in [6.45, 7) is 9.57. The maximum Gasteiger partial charge on any atom is 0.0781 e. The van der Waals surface area contributed by atoms with Crippen molar-refractivity contribution in [1.29, 1.82) is 0 Å². The molecule has 10 aromatic rings. The van der Waals surface area contributed by atoms with Gasteiger partial charge in [-0.2, -0.15) is 0 Å². The van der Waals surface area contributed by atoms with E-state index in [1.54, 1.807) is 0 Å². The van der Waals surface area contributed by atoms with Gasteiger partial charge in [0.05, 0.1) is 28.4 Å². The zero-order valence-electron chi connectivity index (χ0n) is 35.5. The summed E-state index contributed by atoms with van der Waals surface area (Å²) in [6, 6.07) is 76.9. The van der Waals surface area contributed by atoms with Crippen LogP contribution in [0.15, 0.2) is 206 Å². The van der Waals surface area contributed by atoms with Gasteiger partial charge in [0.2, 0.25) is 0 Å². The number of hydrogen-bond acceptors (Lipinski definition) is 2. The van der Waals surface area contributed by atoms with Crippen LogP contribution in [-0.4, -0.2) is 0 Å². The van der Waals surface area contributed by atoms with Gasteiger partial charge >= 0.3 is 0 Å². The van der Waals surface area contributed by atoms with E-state index in [0.717, 1.165) is 22.7 Å². The largest absolute Gasteiger partial charge is 0.308 e. The molecule has 1 heterocycles. The molecule has 0 spiro atoms. The molecular formula is C60H46N2. The fourth-order valence-corrected chi connectivity index (χ4v) is 11.0. The fourth-order valence-electron chi connectivity index (χ4n) is 11.0. The summed E-state index contributed by atoms with van der Waals surface area (Å²) in [5.41, 5.74) is 16.9. The third-order valence-corrected chi connectivity index (χ3v) is 14.0. The predicted octanol–water partition coefficient (Wildman–Crippen LogP) is 16.7. The van der Waals surface area contributed by atoms with E-state index in [9.17, 15) is 0 Å². The third-order valence-electron chi connectivity index (χ3n) is 14.0. The van der Waals surface area contributed by atoms with Crippen LogP contribution in [-0.2, 0) is 10.8 Å². The lowest BCUT2D eigenvalue weighted by molar-refractivity contribution is 0.634. The van der Waals surface area contributed by atoms with Crippen LogP contribution in [0.25, 0.3) is 54.6 Å². The Bertz CT molecular complexity index is 3440. The first-order chi connectivity index (χ1) is 30.3. The highest BCUT2D eigenvalue weighted by Crippen LogP contribution is 2.59. The highest BCUT2D eigenvalue weighted by atomic mass is 15.2. The Balaban J connectivity index is 1.18. The van der Waals surface area contributed by atoms with Crippen LogP contribution < -0.4 is 9.80 Å². The maximum atomic E-state index is 2.59. The van der Waals surface area contributed by atoms with Crippen molar-refractivity contribution in [2.45, 2.75) is 38.5 Å². The Morgan fingerprint density at radius 3 is 1.81 bits per heavy atom. The minimum Gasteiger partial charge on any atom is -0.308 e. The van der Waals surface area contributed by atoms with E-state index >= 15 is 0 Å². The van der Waals surface area contributed by atoms with E-state index in [1.807, 2.05) is 0 Å². The van der Waals surface area contributed by atoms with Gasteiger partial charge in [-0.25, -0.2) is 0 Å². The SMILES string of the molecule is CC1(C)c2ccccc2-c2ccc(N(c3ccc4ccccc4c3N3c4ccccc4C(C)(C)c4c(-c5ccc6ccccc6c5)cccc43)c3cccc4ccccc34)cc21. The average Bonchev–Trinajstić information content (AvgIpc) is 3.54. The second kappa shape index (κ2) is 13.5. The molecule has 10 aromatic carbocycles. The van der Waals surface area contributed by atoms with E-state index in [0.29, 0.717) is 0 Å². The van der Waals surface area contributed by atoms with Crippen molar-refractivity contribution < 1.29 is 0 Å². The molecule has 0 N–H and O–H groups in total. The first-order valence-electron chi connectivity index (χ1n) is 21.9. The van der Waals surface area contributed by atoms with Gasteiger partial charge in [-0.05, 0) is 109 Å². The van der Waals surface area contributed by atoms with E-state index in [2.05, 4.69) is 244 Å². The van der Waals surface area contributed by atoms with Gasteiger partial charge in [-0.1, -0.05) is 191 Å². The van der Waals surface area contributed by atoms with Crippen LogP contribution in [0.3, 0.4) is 0 Å². The molecule has 0 saturated heterocycles. The first kappa shape index (κ1) is 36.4. The Hall–Kier alpha value is -7.42. The van der Waals surface area contributed by atoms with Crippen molar-refractivity contribution in [2.75, 3.05) is 9.80 Å². The van der Waals surface area contributed by atoms with Gasteiger partial charge in [0.25, 0.3) is 0 Å². The molecule has 0 saturated carbocycles. The molecule has 2 nitrogen and oxygen atoms in total. The highest BCUT2D eigenvalue weighted by Gasteiger charge is 2.41. The second-order valence-corrected chi connectivity index (χ2v) is 18.1. The van der Waals surface area contributed by atoms with Crippen LogP contribution >= 0.6 is 0 Å². The summed E-state index contributed by atoms with van der Waals surface area (Å²) in [6.07, 6.45) is 0. The van der Waals surface area contributed by atoms with Crippen LogP contribution in [0.5, 0.6) is 0 Å². The molecule has 2 heteroatoms. The molecule has 1 aliphatic heterocycles. The summed E-state index contributed by atoms with van der Waals surface area (Å²) < 4.78 is 0.